The Morgan fingerprint density at radius 1 is 1.00 bits per heavy atom. The van der Waals surface area contributed by atoms with Crippen LogP contribution in [0.4, 0.5) is 32.0 Å². The number of aliphatic carboxylic acids is 2. The summed E-state index contributed by atoms with van der Waals surface area (Å²) in [6, 6.07) is 12.9. The van der Waals surface area contributed by atoms with E-state index in [1.54, 1.807) is 12.3 Å². The van der Waals surface area contributed by atoms with Crippen LogP contribution in [-0.4, -0.2) is 95.5 Å². The smallest absolute Gasteiger partial charge is 0.490 e. The van der Waals surface area contributed by atoms with Gasteiger partial charge in [0.1, 0.15) is 19.0 Å². The molecule has 44 heavy (non-hydrogen) atoms. The van der Waals surface area contributed by atoms with Gasteiger partial charge in [-0.2, -0.15) is 31.4 Å². The number of carbonyl (C=O) groups excluding carboxylic acids is 1. The lowest BCUT2D eigenvalue weighted by molar-refractivity contribution is -0.193. The van der Waals surface area contributed by atoms with Gasteiger partial charge < -0.3 is 34.6 Å². The number of amides is 1. The van der Waals surface area contributed by atoms with Gasteiger partial charge in [-0.1, -0.05) is 18.2 Å². The van der Waals surface area contributed by atoms with Crippen molar-refractivity contribution in [2.75, 3.05) is 39.2 Å². The van der Waals surface area contributed by atoms with Gasteiger partial charge in [0.05, 0.1) is 11.9 Å². The third-order valence-electron chi connectivity index (χ3n) is 5.15. The lowest BCUT2D eigenvalue weighted by Crippen LogP contribution is -2.40. The van der Waals surface area contributed by atoms with Gasteiger partial charge in [0.25, 0.3) is 5.91 Å². The van der Waals surface area contributed by atoms with Crippen LogP contribution in [-0.2, 0) is 14.4 Å². The number of ether oxygens (including phenoxy) is 3. The van der Waals surface area contributed by atoms with E-state index in [0.717, 1.165) is 17.7 Å². The van der Waals surface area contributed by atoms with Crippen LogP contribution in [0.5, 0.6) is 17.2 Å². The summed E-state index contributed by atoms with van der Waals surface area (Å²) in [5, 5.41) is 24.0. The molecule has 0 spiro atoms. The van der Waals surface area contributed by atoms with E-state index >= 15 is 0 Å². The second kappa shape index (κ2) is 15.5. The first-order valence-corrected chi connectivity index (χ1v) is 12.2. The summed E-state index contributed by atoms with van der Waals surface area (Å²) < 4.78 is 80.9. The van der Waals surface area contributed by atoms with E-state index in [9.17, 15) is 31.1 Å². The van der Waals surface area contributed by atoms with Gasteiger partial charge in [-0.3, -0.25) is 9.89 Å². The number of alkyl halides is 6. The topological polar surface area (TPSA) is 163 Å². The lowest BCUT2D eigenvalue weighted by Gasteiger charge is -2.26. The van der Waals surface area contributed by atoms with Crippen LogP contribution in [0.2, 0.25) is 0 Å². The molecular weight excluding hydrogens is 610 g/mol. The largest absolute Gasteiger partial charge is 0.490 e. The fraction of sp³-hybridized carbons (Fsp3) is 0.308. The molecule has 4 rings (SSSR count). The number of nitrogens with one attached hydrogen (secondary N) is 2. The number of para-hydroxylation sites is 2. The molecule has 2 heterocycles. The molecule has 2 aromatic carbocycles. The first kappa shape index (κ1) is 35.2. The zero-order chi connectivity index (χ0) is 33.1. The second-order valence-corrected chi connectivity index (χ2v) is 8.81. The van der Waals surface area contributed by atoms with Crippen LogP contribution in [0.15, 0.2) is 54.9 Å². The first-order chi connectivity index (χ1) is 20.5. The van der Waals surface area contributed by atoms with E-state index in [1.165, 1.54) is 0 Å². The van der Waals surface area contributed by atoms with E-state index in [4.69, 9.17) is 34.0 Å². The highest BCUT2D eigenvalue weighted by molar-refractivity contribution is 5.96. The molecule has 1 aromatic heterocycles. The summed E-state index contributed by atoms with van der Waals surface area (Å²) >= 11 is 0. The fourth-order valence-electron chi connectivity index (χ4n) is 3.03. The number of hydrogen-bond donors (Lipinski definition) is 4. The van der Waals surface area contributed by atoms with Crippen molar-refractivity contribution in [1.29, 1.82) is 0 Å². The van der Waals surface area contributed by atoms with Crippen molar-refractivity contribution in [3.8, 4) is 28.4 Å². The van der Waals surface area contributed by atoms with Crippen LogP contribution >= 0.6 is 0 Å². The number of carboxylic acids is 2. The molecule has 12 nitrogen and oxygen atoms in total. The predicted molar refractivity (Wildman–Crippen MR) is 140 cm³/mol. The summed E-state index contributed by atoms with van der Waals surface area (Å²) in [5.74, 6) is -4.03. The highest BCUT2D eigenvalue weighted by Gasteiger charge is 2.39. The third kappa shape index (κ3) is 11.3. The highest BCUT2D eigenvalue weighted by Crippen LogP contribution is 2.33. The summed E-state index contributed by atoms with van der Waals surface area (Å²) in [7, 11) is 3.96. The Balaban J connectivity index is 0.000000402. The van der Waals surface area contributed by atoms with Crippen molar-refractivity contribution in [3.63, 3.8) is 0 Å². The Morgan fingerprint density at radius 3 is 2.11 bits per heavy atom. The second-order valence-electron chi connectivity index (χ2n) is 8.81. The Hall–Kier alpha value is -5.00. The molecule has 0 unspecified atom stereocenters. The quantitative estimate of drug-likeness (QED) is 0.278. The number of nitrogens with zero attached hydrogens (tertiary/aromatic N) is 2. The highest BCUT2D eigenvalue weighted by atomic mass is 19.4. The minimum Gasteiger partial charge on any atom is -0.490 e. The predicted octanol–water partition coefficient (Wildman–Crippen LogP) is 4.06. The van der Waals surface area contributed by atoms with Crippen LogP contribution in [0.25, 0.3) is 11.1 Å². The van der Waals surface area contributed by atoms with Crippen molar-refractivity contribution < 1.29 is 65.1 Å². The molecule has 0 saturated carbocycles. The van der Waals surface area contributed by atoms with E-state index < -0.39 is 30.4 Å². The number of H-pyrrole nitrogens is 1. The van der Waals surface area contributed by atoms with Crippen LogP contribution in [0.1, 0.15) is 0 Å². The number of fused-ring (bicyclic) bond motifs is 1. The van der Waals surface area contributed by atoms with Gasteiger partial charge in [-0.05, 0) is 43.9 Å². The molecule has 240 valence electrons. The molecule has 3 aromatic rings. The van der Waals surface area contributed by atoms with E-state index in [2.05, 4.69) is 15.5 Å². The molecule has 1 aliphatic rings. The average molecular weight is 637 g/mol. The number of carbonyl (C=O) groups is 3. The van der Waals surface area contributed by atoms with Crippen LogP contribution in [0, 0.1) is 0 Å². The molecule has 4 N–H and O–H groups in total. The molecule has 1 amide bonds. The van der Waals surface area contributed by atoms with Crippen LogP contribution in [0.3, 0.4) is 0 Å². The Labute approximate surface area is 245 Å². The maximum absolute atomic E-state index is 12.8. The molecule has 1 atom stereocenters. The van der Waals surface area contributed by atoms with E-state index in [-0.39, 0.29) is 12.5 Å². The first-order valence-electron chi connectivity index (χ1n) is 12.2. The maximum Gasteiger partial charge on any atom is 0.490 e. The van der Waals surface area contributed by atoms with Crippen molar-refractivity contribution in [2.45, 2.75) is 18.5 Å². The number of anilines is 1. The van der Waals surface area contributed by atoms with Gasteiger partial charge in [-0.15, -0.1) is 0 Å². The Kier molecular flexibility index (Phi) is 12.4. The van der Waals surface area contributed by atoms with Gasteiger partial charge in [0, 0.05) is 18.3 Å². The number of likely N-dealkylation sites (N-methyl/N-ethyl adjacent to an activating group) is 1. The van der Waals surface area contributed by atoms with Crippen molar-refractivity contribution in [3.05, 3.63) is 54.9 Å². The number of halogens is 6. The number of aromatic nitrogens is 2. The fourth-order valence-corrected chi connectivity index (χ4v) is 3.03. The molecule has 0 bridgehead atoms. The summed E-state index contributed by atoms with van der Waals surface area (Å²) in [5.41, 5.74) is 2.45. The molecular formula is C26H26F6N4O8. The standard InChI is InChI=1S/C22H24N4O4.2C2HF3O2/c1-26(2)9-10-28-20-11-15(16-12-23-24-13-16)7-8-17(20)25-22(27)21-14-29-18-5-3-4-6-19(18)30-21;2*3-2(4,5)1(6)7/h3-8,11-13,21H,9-10,14H2,1-2H3,(H,23,24)(H,25,27);2*(H,6,7)/t21-;;/m1../s1. The van der Waals surface area contributed by atoms with Gasteiger partial charge >= 0.3 is 24.3 Å². The Morgan fingerprint density at radius 2 is 1.59 bits per heavy atom. The van der Waals surface area contributed by atoms with Crippen molar-refractivity contribution in [2.24, 2.45) is 0 Å². The van der Waals surface area contributed by atoms with Crippen LogP contribution < -0.4 is 19.5 Å². The SMILES string of the molecule is CN(C)CCOc1cc(-c2cn[nH]c2)ccc1NC(=O)[C@H]1COc2ccccc2O1.O=C(O)C(F)(F)F.O=C(O)C(F)(F)F. The van der Waals surface area contributed by atoms with Crippen molar-refractivity contribution >= 4 is 23.5 Å². The summed E-state index contributed by atoms with van der Waals surface area (Å²) in [4.78, 5) is 32.7. The number of rotatable bonds is 7. The van der Waals surface area contributed by atoms with Gasteiger partial charge in [0.15, 0.2) is 11.5 Å². The van der Waals surface area contributed by atoms with Gasteiger partial charge in [-0.25, -0.2) is 9.59 Å². The third-order valence-corrected chi connectivity index (χ3v) is 5.15. The molecule has 0 radical (unpaired) electrons. The molecule has 0 saturated heterocycles. The minimum atomic E-state index is -5.08. The summed E-state index contributed by atoms with van der Waals surface area (Å²) in [6.07, 6.45) is -7.37. The normalized spacial score (nSPS) is 13.9. The lowest BCUT2D eigenvalue weighted by atomic mass is 10.1. The number of aromatic amines is 1. The number of carboxylic acid groups (broad SMARTS) is 2. The summed E-state index contributed by atoms with van der Waals surface area (Å²) in [6.45, 7) is 1.38. The maximum atomic E-state index is 12.8. The monoisotopic (exact) mass is 636 g/mol. The number of benzene rings is 2. The molecule has 0 aliphatic carbocycles. The Bertz CT molecular complexity index is 1370. The molecule has 18 heteroatoms. The van der Waals surface area contributed by atoms with E-state index in [1.807, 2.05) is 61.6 Å². The minimum absolute atomic E-state index is 0.146. The zero-order valence-corrected chi connectivity index (χ0v) is 22.9. The van der Waals surface area contributed by atoms with Gasteiger partial charge in [0.2, 0.25) is 6.10 Å². The molecule has 0 fully saturated rings. The van der Waals surface area contributed by atoms with Crippen molar-refractivity contribution in [1.82, 2.24) is 15.1 Å². The number of hydrogen-bond acceptors (Lipinski definition) is 8. The van der Waals surface area contributed by atoms with E-state index in [0.29, 0.717) is 29.5 Å². The average Bonchev–Trinajstić information content (AvgIpc) is 3.48. The molecule has 1 aliphatic heterocycles. The zero-order valence-electron chi connectivity index (χ0n) is 22.9.